The number of hydrogen-bond acceptors (Lipinski definition) is 4. The first-order chi connectivity index (χ1) is 8.86. The molecule has 19 heavy (non-hydrogen) atoms. The number of hydrogen-bond donors (Lipinski definition) is 2. The smallest absolute Gasteiger partial charge is 0.328 e. The van der Waals surface area contributed by atoms with Gasteiger partial charge in [-0.3, -0.25) is 4.79 Å². The molecule has 104 valence electrons. The number of nitrogen functional groups attached to an aromatic ring is 1. The van der Waals surface area contributed by atoms with Gasteiger partial charge in [-0.25, -0.2) is 4.79 Å². The zero-order valence-electron chi connectivity index (χ0n) is 11.7. The minimum absolute atomic E-state index is 0.0563. The molecule has 0 aromatic heterocycles. The van der Waals surface area contributed by atoms with Crippen molar-refractivity contribution in [3.05, 3.63) is 29.3 Å². The second-order valence-corrected chi connectivity index (χ2v) is 4.79. The number of benzene rings is 1. The molecule has 0 bridgehead atoms. The van der Waals surface area contributed by atoms with Crippen molar-refractivity contribution in [2.45, 2.75) is 26.8 Å². The van der Waals surface area contributed by atoms with Crippen LogP contribution in [0.15, 0.2) is 18.2 Å². The van der Waals surface area contributed by atoms with Crippen molar-refractivity contribution in [2.24, 2.45) is 5.92 Å². The summed E-state index contributed by atoms with van der Waals surface area (Å²) in [5.41, 5.74) is 7.65. The first-order valence-corrected chi connectivity index (χ1v) is 6.11. The molecule has 0 radical (unpaired) electrons. The fraction of sp³-hybridized carbons (Fsp3) is 0.429. The number of carbonyl (C=O) groups excluding carboxylic acids is 2. The maximum atomic E-state index is 12.1. The van der Waals surface area contributed by atoms with Crippen molar-refractivity contribution in [2.75, 3.05) is 12.8 Å². The predicted octanol–water partition coefficient (Wildman–Crippen LogP) is 1.50. The highest BCUT2D eigenvalue weighted by Gasteiger charge is 2.25. The van der Waals surface area contributed by atoms with Crippen LogP contribution in [0.1, 0.15) is 29.8 Å². The normalized spacial score (nSPS) is 12.1. The zero-order valence-corrected chi connectivity index (χ0v) is 11.7. The minimum atomic E-state index is -0.667. The van der Waals surface area contributed by atoms with Gasteiger partial charge in [0.25, 0.3) is 5.91 Å². The number of carbonyl (C=O) groups is 2. The molecule has 0 aliphatic carbocycles. The molecule has 3 N–H and O–H groups in total. The highest BCUT2D eigenvalue weighted by Crippen LogP contribution is 2.13. The maximum Gasteiger partial charge on any atom is 0.328 e. The van der Waals surface area contributed by atoms with Gasteiger partial charge in [-0.05, 0) is 30.5 Å². The Labute approximate surface area is 113 Å². The molecule has 0 heterocycles. The molecule has 5 nitrogen and oxygen atoms in total. The van der Waals surface area contributed by atoms with Crippen molar-refractivity contribution >= 4 is 17.6 Å². The third kappa shape index (κ3) is 3.71. The van der Waals surface area contributed by atoms with Gasteiger partial charge in [-0.2, -0.15) is 0 Å². The van der Waals surface area contributed by atoms with Gasteiger partial charge in [0.2, 0.25) is 0 Å². The number of nitrogens with two attached hydrogens (primary N) is 1. The van der Waals surface area contributed by atoms with Gasteiger partial charge < -0.3 is 15.8 Å². The third-order valence-electron chi connectivity index (χ3n) is 2.95. The van der Waals surface area contributed by atoms with Crippen molar-refractivity contribution < 1.29 is 14.3 Å². The summed E-state index contributed by atoms with van der Waals surface area (Å²) in [5.74, 6) is -0.849. The van der Waals surface area contributed by atoms with E-state index in [1.54, 1.807) is 18.2 Å². The maximum absolute atomic E-state index is 12.1. The van der Waals surface area contributed by atoms with E-state index in [-0.39, 0.29) is 11.8 Å². The Morgan fingerprint density at radius 2 is 1.95 bits per heavy atom. The third-order valence-corrected chi connectivity index (χ3v) is 2.95. The van der Waals surface area contributed by atoms with Crippen LogP contribution in [0.2, 0.25) is 0 Å². The number of rotatable bonds is 4. The van der Waals surface area contributed by atoms with E-state index >= 15 is 0 Å². The van der Waals surface area contributed by atoms with E-state index in [0.29, 0.717) is 11.3 Å². The molecule has 0 aliphatic heterocycles. The second kappa shape index (κ2) is 6.22. The van der Waals surface area contributed by atoms with Crippen LogP contribution in [-0.2, 0) is 9.53 Å². The summed E-state index contributed by atoms with van der Waals surface area (Å²) >= 11 is 0. The highest BCUT2D eigenvalue weighted by atomic mass is 16.5. The van der Waals surface area contributed by atoms with Gasteiger partial charge in [-0.1, -0.05) is 19.9 Å². The fourth-order valence-electron chi connectivity index (χ4n) is 1.63. The van der Waals surface area contributed by atoms with E-state index < -0.39 is 12.0 Å². The van der Waals surface area contributed by atoms with Crippen LogP contribution >= 0.6 is 0 Å². The number of nitrogens with one attached hydrogen (secondary N) is 1. The quantitative estimate of drug-likeness (QED) is 0.638. The number of ether oxygens (including phenoxy) is 1. The summed E-state index contributed by atoms with van der Waals surface area (Å²) in [4.78, 5) is 23.6. The standard InChI is InChI=1S/C14H20N2O3/c1-8(2)12(14(18)19-4)16-13(17)10-6-5-9(3)11(15)7-10/h5-8,12H,15H2,1-4H3,(H,16,17). The van der Waals surface area contributed by atoms with Crippen molar-refractivity contribution in [1.82, 2.24) is 5.32 Å². The summed E-state index contributed by atoms with van der Waals surface area (Å²) in [7, 11) is 1.30. The van der Waals surface area contributed by atoms with Gasteiger partial charge in [-0.15, -0.1) is 0 Å². The van der Waals surface area contributed by atoms with Crippen LogP contribution in [0.5, 0.6) is 0 Å². The molecule has 5 heteroatoms. The van der Waals surface area contributed by atoms with Crippen molar-refractivity contribution in [1.29, 1.82) is 0 Å². The lowest BCUT2D eigenvalue weighted by atomic mass is 10.0. The number of esters is 1. The molecule has 0 spiro atoms. The largest absolute Gasteiger partial charge is 0.467 e. The molecule has 0 aliphatic rings. The van der Waals surface area contributed by atoms with Gasteiger partial charge >= 0.3 is 5.97 Å². The Hall–Kier alpha value is -2.04. The van der Waals surface area contributed by atoms with Crippen molar-refractivity contribution in [3.63, 3.8) is 0 Å². The van der Waals surface area contributed by atoms with E-state index in [2.05, 4.69) is 10.1 Å². The second-order valence-electron chi connectivity index (χ2n) is 4.79. The molecule has 1 aromatic carbocycles. The lowest BCUT2D eigenvalue weighted by Gasteiger charge is -2.20. The number of amides is 1. The van der Waals surface area contributed by atoms with Crippen LogP contribution in [-0.4, -0.2) is 25.0 Å². The molecular weight excluding hydrogens is 244 g/mol. The Kier molecular flexibility index (Phi) is 4.92. The molecule has 1 unspecified atom stereocenters. The molecule has 1 atom stereocenters. The van der Waals surface area contributed by atoms with Crippen LogP contribution in [0.25, 0.3) is 0 Å². The van der Waals surface area contributed by atoms with Gasteiger partial charge in [0.1, 0.15) is 6.04 Å². The zero-order chi connectivity index (χ0) is 14.6. The molecular formula is C14H20N2O3. The number of aryl methyl sites for hydroxylation is 1. The lowest BCUT2D eigenvalue weighted by Crippen LogP contribution is -2.45. The van der Waals surface area contributed by atoms with E-state index in [1.807, 2.05) is 20.8 Å². The molecule has 1 amide bonds. The van der Waals surface area contributed by atoms with Crippen LogP contribution in [0.4, 0.5) is 5.69 Å². The monoisotopic (exact) mass is 264 g/mol. The van der Waals surface area contributed by atoms with Crippen LogP contribution in [0.3, 0.4) is 0 Å². The molecule has 0 saturated heterocycles. The molecule has 1 rings (SSSR count). The molecule has 1 aromatic rings. The first kappa shape index (κ1) is 15.0. The Morgan fingerprint density at radius 3 is 2.42 bits per heavy atom. The number of anilines is 1. The van der Waals surface area contributed by atoms with Crippen LogP contribution < -0.4 is 11.1 Å². The van der Waals surface area contributed by atoms with E-state index in [9.17, 15) is 9.59 Å². The Morgan fingerprint density at radius 1 is 1.32 bits per heavy atom. The fourth-order valence-corrected chi connectivity index (χ4v) is 1.63. The van der Waals surface area contributed by atoms with Gasteiger partial charge in [0.05, 0.1) is 7.11 Å². The molecule has 0 fully saturated rings. The van der Waals surface area contributed by atoms with E-state index in [0.717, 1.165) is 5.56 Å². The topological polar surface area (TPSA) is 81.4 Å². The summed E-state index contributed by atoms with van der Waals surface area (Å²) < 4.78 is 4.67. The average Bonchev–Trinajstić information content (AvgIpc) is 2.37. The van der Waals surface area contributed by atoms with E-state index in [1.165, 1.54) is 7.11 Å². The minimum Gasteiger partial charge on any atom is -0.467 e. The summed E-state index contributed by atoms with van der Waals surface area (Å²) in [6.45, 7) is 5.54. The van der Waals surface area contributed by atoms with Crippen molar-refractivity contribution in [3.8, 4) is 0 Å². The van der Waals surface area contributed by atoms with Gasteiger partial charge in [0, 0.05) is 11.3 Å². The van der Waals surface area contributed by atoms with Crippen LogP contribution in [0, 0.1) is 12.8 Å². The van der Waals surface area contributed by atoms with E-state index in [4.69, 9.17) is 5.73 Å². The predicted molar refractivity (Wildman–Crippen MR) is 73.7 cm³/mol. The average molecular weight is 264 g/mol. The SMILES string of the molecule is COC(=O)C(NC(=O)c1ccc(C)c(N)c1)C(C)C. The Balaban J connectivity index is 2.87. The first-order valence-electron chi connectivity index (χ1n) is 6.11. The summed E-state index contributed by atoms with van der Waals surface area (Å²) in [5, 5.41) is 2.66. The van der Waals surface area contributed by atoms with Gasteiger partial charge in [0.15, 0.2) is 0 Å². The highest BCUT2D eigenvalue weighted by molar-refractivity contribution is 5.97. The summed E-state index contributed by atoms with van der Waals surface area (Å²) in [6, 6.07) is 4.38. The Bertz CT molecular complexity index is 484. The number of methoxy groups -OCH3 is 1. The molecule has 0 saturated carbocycles. The lowest BCUT2D eigenvalue weighted by molar-refractivity contribution is -0.144. The summed E-state index contributed by atoms with van der Waals surface area (Å²) in [6.07, 6.45) is 0.